The van der Waals surface area contributed by atoms with Crippen LogP contribution in [0.25, 0.3) is 0 Å². The third-order valence-corrected chi connectivity index (χ3v) is 3.39. The summed E-state index contributed by atoms with van der Waals surface area (Å²) in [6, 6.07) is 14.0. The first-order chi connectivity index (χ1) is 11.7. The third-order valence-electron chi connectivity index (χ3n) is 3.39. The maximum absolute atomic E-state index is 12.9. The lowest BCUT2D eigenvalue weighted by Crippen LogP contribution is -2.08. The number of nitrogens with one attached hydrogen (secondary N) is 2. The van der Waals surface area contributed by atoms with Crippen molar-refractivity contribution in [1.29, 1.82) is 0 Å². The molecule has 2 heterocycles. The normalized spacial score (nSPS) is 10.4. The van der Waals surface area contributed by atoms with Crippen LogP contribution in [0.4, 0.5) is 16.2 Å². The van der Waals surface area contributed by atoms with Crippen molar-refractivity contribution in [3.63, 3.8) is 0 Å². The lowest BCUT2D eigenvalue weighted by atomic mass is 10.2. The Morgan fingerprint density at radius 2 is 1.79 bits per heavy atom. The Hall–Kier alpha value is -3.02. The molecule has 0 unspecified atom stereocenters. The second kappa shape index (κ2) is 7.50. The van der Waals surface area contributed by atoms with Crippen LogP contribution >= 0.6 is 0 Å². The van der Waals surface area contributed by atoms with Gasteiger partial charge < -0.3 is 10.6 Å². The van der Waals surface area contributed by atoms with Gasteiger partial charge >= 0.3 is 0 Å². The van der Waals surface area contributed by atoms with E-state index in [2.05, 4.69) is 25.6 Å². The number of halogens is 1. The molecule has 0 aliphatic heterocycles. The zero-order valence-corrected chi connectivity index (χ0v) is 13.3. The van der Waals surface area contributed by atoms with Crippen molar-refractivity contribution in [2.75, 3.05) is 10.6 Å². The topological polar surface area (TPSA) is 62.7 Å². The molecule has 0 spiro atoms. The number of hydrogen-bond donors (Lipinski definition) is 2. The molecule has 0 radical (unpaired) electrons. The molecule has 3 rings (SSSR count). The zero-order chi connectivity index (χ0) is 16.8. The van der Waals surface area contributed by atoms with Crippen LogP contribution in [0.15, 0.2) is 54.7 Å². The van der Waals surface area contributed by atoms with Crippen LogP contribution in [0, 0.1) is 12.7 Å². The molecule has 2 aromatic heterocycles. The molecule has 0 aliphatic carbocycles. The van der Waals surface area contributed by atoms with E-state index in [1.165, 1.54) is 12.1 Å². The highest BCUT2D eigenvalue weighted by Crippen LogP contribution is 2.12. The molecule has 2 N–H and O–H groups in total. The average molecular weight is 323 g/mol. The largest absolute Gasteiger partial charge is 0.364 e. The molecule has 24 heavy (non-hydrogen) atoms. The van der Waals surface area contributed by atoms with Crippen molar-refractivity contribution in [3.8, 4) is 0 Å². The highest BCUT2D eigenvalue weighted by molar-refractivity contribution is 5.42. The molecular weight excluding hydrogens is 305 g/mol. The molecule has 5 nitrogen and oxygen atoms in total. The summed E-state index contributed by atoms with van der Waals surface area (Å²) >= 11 is 0. The van der Waals surface area contributed by atoms with Gasteiger partial charge in [-0.05, 0) is 36.8 Å². The van der Waals surface area contributed by atoms with Gasteiger partial charge in [0.1, 0.15) is 11.6 Å². The summed E-state index contributed by atoms with van der Waals surface area (Å²) in [5.74, 6) is 1.02. The lowest BCUT2D eigenvalue weighted by molar-refractivity contribution is 0.627. The number of rotatable bonds is 6. The Kier molecular flexibility index (Phi) is 4.96. The van der Waals surface area contributed by atoms with Gasteiger partial charge in [-0.15, -0.1) is 0 Å². The van der Waals surface area contributed by atoms with Gasteiger partial charge in [0, 0.05) is 24.5 Å². The third kappa shape index (κ3) is 4.49. The molecule has 0 amide bonds. The number of hydrogen-bond acceptors (Lipinski definition) is 5. The predicted octanol–water partition coefficient (Wildman–Crippen LogP) is 3.54. The molecule has 0 fully saturated rings. The van der Waals surface area contributed by atoms with Crippen LogP contribution < -0.4 is 10.6 Å². The van der Waals surface area contributed by atoms with Gasteiger partial charge in [0.05, 0.1) is 12.2 Å². The fraction of sp³-hybridized carbons (Fsp3) is 0.167. The van der Waals surface area contributed by atoms with E-state index in [0.717, 1.165) is 22.8 Å². The quantitative estimate of drug-likeness (QED) is 0.726. The Labute approximate surface area is 140 Å². The van der Waals surface area contributed by atoms with Crippen molar-refractivity contribution in [2.45, 2.75) is 20.0 Å². The first-order valence-electron chi connectivity index (χ1n) is 7.67. The Bertz CT molecular complexity index is 790. The van der Waals surface area contributed by atoms with Crippen molar-refractivity contribution in [3.05, 3.63) is 77.5 Å². The fourth-order valence-corrected chi connectivity index (χ4v) is 2.21. The molecular formula is C18H18FN5. The number of aryl methyl sites for hydroxylation is 1. The summed E-state index contributed by atoms with van der Waals surface area (Å²) in [6.45, 7) is 3.04. The number of benzene rings is 1. The Morgan fingerprint density at radius 1 is 0.958 bits per heavy atom. The minimum Gasteiger partial charge on any atom is -0.364 e. The summed E-state index contributed by atoms with van der Waals surface area (Å²) in [6.07, 6.45) is 1.76. The minimum atomic E-state index is -0.244. The van der Waals surface area contributed by atoms with Gasteiger partial charge in [-0.3, -0.25) is 4.98 Å². The standard InChI is InChI=1S/C18H18FN5/c1-13-10-17(21-12-16-4-2-3-9-20-16)24-18(23-13)22-11-14-5-7-15(19)8-6-14/h2-10H,11-12H2,1H3,(H2,21,22,23,24). The van der Waals surface area contributed by atoms with E-state index in [1.54, 1.807) is 18.3 Å². The van der Waals surface area contributed by atoms with Crippen molar-refractivity contribution in [1.82, 2.24) is 15.0 Å². The van der Waals surface area contributed by atoms with Gasteiger partial charge in [0.2, 0.25) is 5.95 Å². The lowest BCUT2D eigenvalue weighted by Gasteiger charge is -2.10. The summed E-state index contributed by atoms with van der Waals surface area (Å²) in [4.78, 5) is 13.1. The molecule has 122 valence electrons. The highest BCUT2D eigenvalue weighted by atomic mass is 19.1. The van der Waals surface area contributed by atoms with E-state index < -0.39 is 0 Å². The molecule has 0 aliphatic rings. The highest BCUT2D eigenvalue weighted by Gasteiger charge is 2.03. The monoisotopic (exact) mass is 323 g/mol. The van der Waals surface area contributed by atoms with Crippen LogP contribution in [-0.4, -0.2) is 15.0 Å². The average Bonchev–Trinajstić information content (AvgIpc) is 2.60. The predicted molar refractivity (Wildman–Crippen MR) is 92.1 cm³/mol. The molecule has 1 aromatic carbocycles. The maximum Gasteiger partial charge on any atom is 0.225 e. The first kappa shape index (κ1) is 15.9. The van der Waals surface area contributed by atoms with Crippen molar-refractivity contribution in [2.24, 2.45) is 0 Å². The van der Waals surface area contributed by atoms with Gasteiger partial charge in [-0.2, -0.15) is 4.98 Å². The van der Waals surface area contributed by atoms with Crippen LogP contribution in [0.2, 0.25) is 0 Å². The van der Waals surface area contributed by atoms with Gasteiger partial charge in [0.25, 0.3) is 0 Å². The van der Waals surface area contributed by atoms with Crippen LogP contribution in [0.5, 0.6) is 0 Å². The molecule has 0 saturated carbocycles. The minimum absolute atomic E-state index is 0.244. The molecule has 0 atom stereocenters. The van der Waals surface area contributed by atoms with E-state index in [9.17, 15) is 4.39 Å². The van der Waals surface area contributed by atoms with E-state index in [0.29, 0.717) is 19.0 Å². The summed E-state index contributed by atoms with van der Waals surface area (Å²) in [5, 5.41) is 6.40. The van der Waals surface area contributed by atoms with Gasteiger partial charge in [-0.25, -0.2) is 9.37 Å². The molecule has 0 bridgehead atoms. The SMILES string of the molecule is Cc1cc(NCc2ccccn2)nc(NCc2ccc(F)cc2)n1. The smallest absolute Gasteiger partial charge is 0.225 e. The van der Waals surface area contributed by atoms with Gasteiger partial charge in [-0.1, -0.05) is 18.2 Å². The summed E-state index contributed by atoms with van der Waals surface area (Å²) in [5.41, 5.74) is 2.76. The van der Waals surface area contributed by atoms with Crippen molar-refractivity contribution < 1.29 is 4.39 Å². The van der Waals surface area contributed by atoms with Crippen LogP contribution in [0.1, 0.15) is 17.0 Å². The van der Waals surface area contributed by atoms with E-state index in [1.807, 2.05) is 31.2 Å². The molecule has 0 saturated heterocycles. The van der Waals surface area contributed by atoms with Gasteiger partial charge in [0.15, 0.2) is 0 Å². The van der Waals surface area contributed by atoms with E-state index >= 15 is 0 Å². The molecule has 6 heteroatoms. The Balaban J connectivity index is 1.63. The fourth-order valence-electron chi connectivity index (χ4n) is 2.21. The van der Waals surface area contributed by atoms with Crippen LogP contribution in [0.3, 0.4) is 0 Å². The second-order valence-electron chi connectivity index (χ2n) is 5.37. The zero-order valence-electron chi connectivity index (χ0n) is 13.3. The number of anilines is 2. The number of nitrogens with zero attached hydrogens (tertiary/aromatic N) is 3. The Morgan fingerprint density at radius 3 is 2.54 bits per heavy atom. The summed E-state index contributed by atoms with van der Waals surface area (Å²) < 4.78 is 12.9. The summed E-state index contributed by atoms with van der Waals surface area (Å²) in [7, 11) is 0. The van der Waals surface area contributed by atoms with Crippen LogP contribution in [-0.2, 0) is 13.1 Å². The first-order valence-corrected chi connectivity index (χ1v) is 7.67. The molecule has 3 aromatic rings. The number of aromatic nitrogens is 3. The second-order valence-corrected chi connectivity index (χ2v) is 5.37. The van der Waals surface area contributed by atoms with Crippen molar-refractivity contribution >= 4 is 11.8 Å². The van der Waals surface area contributed by atoms with E-state index in [-0.39, 0.29) is 5.82 Å². The maximum atomic E-state index is 12.9. The number of pyridine rings is 1. The van der Waals surface area contributed by atoms with E-state index in [4.69, 9.17) is 0 Å².